The van der Waals surface area contributed by atoms with Crippen LogP contribution in [-0.4, -0.2) is 36.3 Å². The van der Waals surface area contributed by atoms with E-state index in [9.17, 15) is 4.79 Å². The van der Waals surface area contributed by atoms with Crippen LogP contribution in [-0.2, 0) is 27.3 Å². The highest BCUT2D eigenvalue weighted by Crippen LogP contribution is 2.14. The van der Waals surface area contributed by atoms with Crippen LogP contribution in [0.5, 0.6) is 0 Å². The van der Waals surface area contributed by atoms with E-state index in [0.29, 0.717) is 26.2 Å². The lowest BCUT2D eigenvalue weighted by molar-refractivity contribution is -0.126. The Morgan fingerprint density at radius 3 is 2.88 bits per heavy atom. The Hall–Kier alpha value is -2.24. The summed E-state index contributed by atoms with van der Waals surface area (Å²) in [6.07, 6.45) is 3.60. The Kier molecular flexibility index (Phi) is 6.75. The lowest BCUT2D eigenvalue weighted by Gasteiger charge is -2.32. The number of carbonyl (C=O) groups is 1. The fourth-order valence-corrected chi connectivity index (χ4v) is 3.01. The molecule has 0 bridgehead atoms. The smallest absolute Gasteiger partial charge is 0.220 e. The standard InChI is InChI=1S/C21H26N2O3/c1-16-5-7-17(8-6-16)9-10-21(24)23-19-11-13-25-15-20(19)26-14-18-4-2-3-12-22-18/h2-8,12,19-20H,9-11,13-15H2,1H3,(H,23,24)/t19-,20-/m1/s1. The van der Waals surface area contributed by atoms with E-state index in [1.807, 2.05) is 18.2 Å². The highest BCUT2D eigenvalue weighted by molar-refractivity contribution is 5.76. The molecule has 26 heavy (non-hydrogen) atoms. The number of hydrogen-bond donors (Lipinski definition) is 1. The molecule has 3 rings (SSSR count). The third-order valence-corrected chi connectivity index (χ3v) is 4.58. The number of nitrogens with zero attached hydrogens (tertiary/aromatic N) is 1. The van der Waals surface area contributed by atoms with Crippen molar-refractivity contribution in [2.45, 2.75) is 44.9 Å². The van der Waals surface area contributed by atoms with Crippen molar-refractivity contribution in [3.8, 4) is 0 Å². The van der Waals surface area contributed by atoms with Gasteiger partial charge in [0.1, 0.15) is 6.10 Å². The van der Waals surface area contributed by atoms with Gasteiger partial charge in [-0.1, -0.05) is 35.9 Å². The molecular weight excluding hydrogens is 328 g/mol. The summed E-state index contributed by atoms with van der Waals surface area (Å²) in [6, 6.07) is 14.0. The van der Waals surface area contributed by atoms with Crippen LogP contribution in [0, 0.1) is 6.92 Å². The average molecular weight is 354 g/mol. The summed E-state index contributed by atoms with van der Waals surface area (Å²) in [5.74, 6) is 0.0592. The lowest BCUT2D eigenvalue weighted by atomic mass is 10.0. The summed E-state index contributed by atoms with van der Waals surface area (Å²) in [7, 11) is 0. The summed E-state index contributed by atoms with van der Waals surface area (Å²) in [5.41, 5.74) is 3.29. The molecule has 5 heteroatoms. The van der Waals surface area contributed by atoms with Crippen molar-refractivity contribution < 1.29 is 14.3 Å². The number of pyridine rings is 1. The Morgan fingerprint density at radius 2 is 2.12 bits per heavy atom. The van der Waals surface area contributed by atoms with Gasteiger partial charge < -0.3 is 14.8 Å². The van der Waals surface area contributed by atoms with Gasteiger partial charge in [0.05, 0.1) is 24.9 Å². The number of aryl methyl sites for hydroxylation is 2. The minimum Gasteiger partial charge on any atom is -0.379 e. The zero-order chi connectivity index (χ0) is 18.2. The quantitative estimate of drug-likeness (QED) is 0.831. The second kappa shape index (κ2) is 9.46. The second-order valence-electron chi connectivity index (χ2n) is 6.69. The Labute approximate surface area is 154 Å². The van der Waals surface area contributed by atoms with Crippen molar-refractivity contribution in [1.82, 2.24) is 10.3 Å². The molecule has 2 heterocycles. The van der Waals surface area contributed by atoms with E-state index in [4.69, 9.17) is 9.47 Å². The number of nitrogens with one attached hydrogen (secondary N) is 1. The van der Waals surface area contributed by atoms with E-state index in [1.165, 1.54) is 11.1 Å². The van der Waals surface area contributed by atoms with Crippen LogP contribution in [0.4, 0.5) is 0 Å². The van der Waals surface area contributed by atoms with E-state index < -0.39 is 0 Å². The van der Waals surface area contributed by atoms with Gasteiger partial charge in [0, 0.05) is 19.2 Å². The summed E-state index contributed by atoms with van der Waals surface area (Å²) < 4.78 is 11.5. The highest BCUT2D eigenvalue weighted by Gasteiger charge is 2.28. The molecule has 0 aliphatic carbocycles. The molecule has 138 valence electrons. The van der Waals surface area contributed by atoms with Gasteiger partial charge >= 0.3 is 0 Å². The maximum atomic E-state index is 12.4. The van der Waals surface area contributed by atoms with E-state index in [0.717, 1.165) is 18.5 Å². The molecule has 1 aromatic heterocycles. The van der Waals surface area contributed by atoms with Crippen LogP contribution < -0.4 is 5.32 Å². The van der Waals surface area contributed by atoms with Crippen LogP contribution in [0.15, 0.2) is 48.7 Å². The molecule has 1 amide bonds. The van der Waals surface area contributed by atoms with Gasteiger partial charge in [-0.15, -0.1) is 0 Å². The zero-order valence-corrected chi connectivity index (χ0v) is 15.2. The molecule has 1 N–H and O–H groups in total. The molecule has 1 saturated heterocycles. The van der Waals surface area contributed by atoms with Crippen LogP contribution in [0.3, 0.4) is 0 Å². The molecule has 1 aromatic carbocycles. The fraction of sp³-hybridized carbons (Fsp3) is 0.429. The van der Waals surface area contributed by atoms with Gasteiger partial charge in [0.2, 0.25) is 5.91 Å². The molecule has 1 fully saturated rings. The normalized spacial score (nSPS) is 19.9. The third-order valence-electron chi connectivity index (χ3n) is 4.58. The number of benzene rings is 1. The van der Waals surface area contributed by atoms with E-state index >= 15 is 0 Å². The van der Waals surface area contributed by atoms with Crippen LogP contribution in [0.2, 0.25) is 0 Å². The second-order valence-corrected chi connectivity index (χ2v) is 6.69. The maximum Gasteiger partial charge on any atom is 0.220 e. The Bertz CT molecular complexity index is 688. The lowest BCUT2D eigenvalue weighted by Crippen LogP contribution is -2.50. The number of rotatable bonds is 7. The molecule has 2 aromatic rings. The Morgan fingerprint density at radius 1 is 1.27 bits per heavy atom. The van der Waals surface area contributed by atoms with Gasteiger partial charge in [-0.05, 0) is 37.5 Å². The first kappa shape index (κ1) is 18.5. The first-order chi connectivity index (χ1) is 12.7. The van der Waals surface area contributed by atoms with Crippen LogP contribution in [0.25, 0.3) is 0 Å². The maximum absolute atomic E-state index is 12.4. The van der Waals surface area contributed by atoms with Crippen molar-refractivity contribution in [2.24, 2.45) is 0 Å². The summed E-state index contributed by atoms with van der Waals surface area (Å²) in [5, 5.41) is 3.12. The van der Waals surface area contributed by atoms with Crippen LogP contribution in [0.1, 0.15) is 29.7 Å². The molecule has 0 saturated carbocycles. The minimum absolute atomic E-state index is 0.0158. The van der Waals surface area contributed by atoms with E-state index in [1.54, 1.807) is 6.20 Å². The van der Waals surface area contributed by atoms with Crippen molar-refractivity contribution in [1.29, 1.82) is 0 Å². The van der Waals surface area contributed by atoms with Crippen molar-refractivity contribution in [2.75, 3.05) is 13.2 Å². The van der Waals surface area contributed by atoms with Gasteiger partial charge in [-0.2, -0.15) is 0 Å². The third kappa shape index (κ3) is 5.64. The minimum atomic E-state index is -0.144. The zero-order valence-electron chi connectivity index (χ0n) is 15.2. The predicted molar refractivity (Wildman–Crippen MR) is 99.7 cm³/mol. The first-order valence-corrected chi connectivity index (χ1v) is 9.15. The summed E-state index contributed by atoms with van der Waals surface area (Å²) >= 11 is 0. The Balaban J connectivity index is 1.47. The molecule has 0 unspecified atom stereocenters. The van der Waals surface area contributed by atoms with Crippen molar-refractivity contribution in [3.05, 3.63) is 65.5 Å². The van der Waals surface area contributed by atoms with E-state index in [2.05, 4.69) is 41.5 Å². The molecule has 0 radical (unpaired) electrons. The van der Waals surface area contributed by atoms with Crippen molar-refractivity contribution >= 4 is 5.91 Å². The van der Waals surface area contributed by atoms with Gasteiger partial charge in [-0.25, -0.2) is 0 Å². The molecule has 1 aliphatic heterocycles. The fourth-order valence-electron chi connectivity index (χ4n) is 3.01. The first-order valence-electron chi connectivity index (χ1n) is 9.15. The summed E-state index contributed by atoms with van der Waals surface area (Å²) in [6.45, 7) is 3.62. The van der Waals surface area contributed by atoms with Gasteiger partial charge in [0.25, 0.3) is 0 Å². The topological polar surface area (TPSA) is 60.5 Å². The average Bonchev–Trinajstić information content (AvgIpc) is 2.68. The summed E-state index contributed by atoms with van der Waals surface area (Å²) in [4.78, 5) is 16.6. The highest BCUT2D eigenvalue weighted by atomic mass is 16.5. The molecule has 2 atom stereocenters. The monoisotopic (exact) mass is 354 g/mol. The largest absolute Gasteiger partial charge is 0.379 e. The SMILES string of the molecule is Cc1ccc(CCC(=O)N[C@@H]2CCOC[C@H]2OCc2ccccn2)cc1. The number of amides is 1. The molecular formula is C21H26N2O3. The number of hydrogen-bond acceptors (Lipinski definition) is 4. The van der Waals surface area contributed by atoms with Gasteiger partial charge in [-0.3, -0.25) is 9.78 Å². The molecule has 1 aliphatic rings. The van der Waals surface area contributed by atoms with Gasteiger partial charge in [0.15, 0.2) is 0 Å². The van der Waals surface area contributed by atoms with E-state index in [-0.39, 0.29) is 18.1 Å². The number of ether oxygens (including phenoxy) is 2. The number of carbonyl (C=O) groups excluding carboxylic acids is 1. The molecule has 0 spiro atoms. The molecule has 5 nitrogen and oxygen atoms in total. The number of aromatic nitrogens is 1. The van der Waals surface area contributed by atoms with Crippen molar-refractivity contribution in [3.63, 3.8) is 0 Å². The predicted octanol–water partition coefficient (Wildman–Crippen LogP) is 2.81. The van der Waals surface area contributed by atoms with Crippen LogP contribution >= 0.6 is 0 Å².